The summed E-state index contributed by atoms with van der Waals surface area (Å²) >= 11 is 7.82. The van der Waals surface area contributed by atoms with Gasteiger partial charge in [0.2, 0.25) is 5.91 Å². The third kappa shape index (κ3) is 4.78. The van der Waals surface area contributed by atoms with Gasteiger partial charge in [0.25, 0.3) is 5.56 Å². The average molecular weight is 534 g/mol. The van der Waals surface area contributed by atoms with Crippen LogP contribution < -0.4 is 15.6 Å². The van der Waals surface area contributed by atoms with Crippen LogP contribution >= 0.6 is 23.4 Å². The number of carbonyl (C=O) groups excluding carboxylic acids is 1. The van der Waals surface area contributed by atoms with Crippen molar-refractivity contribution in [2.75, 3.05) is 7.11 Å². The van der Waals surface area contributed by atoms with Crippen molar-refractivity contribution in [1.82, 2.24) is 34.8 Å². The fourth-order valence-electron chi connectivity index (χ4n) is 3.85. The predicted molar refractivity (Wildman–Crippen MR) is 142 cm³/mol. The first-order valence-corrected chi connectivity index (χ1v) is 12.4. The lowest BCUT2D eigenvalue weighted by Crippen LogP contribution is -2.25. The number of benzene rings is 2. The van der Waals surface area contributed by atoms with E-state index in [1.807, 2.05) is 6.07 Å². The summed E-state index contributed by atoms with van der Waals surface area (Å²) in [5.41, 5.74) is 2.60. The zero-order valence-electron chi connectivity index (χ0n) is 19.6. The normalized spacial score (nSPS) is 11.1. The number of halogens is 1. The van der Waals surface area contributed by atoms with Gasteiger partial charge >= 0.3 is 0 Å². The van der Waals surface area contributed by atoms with Gasteiger partial charge in [-0.1, -0.05) is 42.1 Å². The third-order valence-corrected chi connectivity index (χ3v) is 6.88. The summed E-state index contributed by atoms with van der Waals surface area (Å²) in [6, 6.07) is 10.5. The molecule has 0 saturated carbocycles. The lowest BCUT2D eigenvalue weighted by molar-refractivity contribution is -0.116. The Hall–Kier alpha value is -4.22. The van der Waals surface area contributed by atoms with Gasteiger partial charge in [-0.2, -0.15) is 0 Å². The minimum atomic E-state index is -0.342. The highest BCUT2D eigenvalue weighted by Crippen LogP contribution is 2.30. The molecule has 2 aromatic carbocycles. The first-order valence-electron chi connectivity index (χ1n) is 11.0. The second-order valence-electron chi connectivity index (χ2n) is 7.80. The van der Waals surface area contributed by atoms with Crippen molar-refractivity contribution in [3.8, 4) is 11.4 Å². The van der Waals surface area contributed by atoms with E-state index in [4.69, 9.17) is 21.3 Å². The van der Waals surface area contributed by atoms with Crippen molar-refractivity contribution < 1.29 is 9.53 Å². The molecule has 0 saturated heterocycles. The zero-order valence-corrected chi connectivity index (χ0v) is 21.1. The topological polar surface area (TPSA) is 128 Å². The zero-order chi connectivity index (χ0) is 25.9. The summed E-state index contributed by atoms with van der Waals surface area (Å²) in [5.74, 6) is 0.907. The molecule has 0 unspecified atom stereocenters. The Morgan fingerprint density at radius 1 is 1.27 bits per heavy atom. The Balaban J connectivity index is 1.66. The van der Waals surface area contributed by atoms with Crippen LogP contribution in [0, 0.1) is 0 Å². The van der Waals surface area contributed by atoms with Gasteiger partial charge in [-0.25, -0.2) is 19.9 Å². The number of ether oxygens (including phenoxy) is 1. The van der Waals surface area contributed by atoms with E-state index in [0.717, 1.165) is 5.56 Å². The largest absolute Gasteiger partial charge is 0.495 e. The number of aromatic amines is 1. The molecule has 0 aliphatic heterocycles. The van der Waals surface area contributed by atoms with Gasteiger partial charge in [-0.15, -0.1) is 0 Å². The summed E-state index contributed by atoms with van der Waals surface area (Å²) in [6.45, 7) is 3.71. The number of aromatic nitrogens is 6. The number of carbonyl (C=O) groups is 1. The Morgan fingerprint density at radius 3 is 2.95 bits per heavy atom. The quantitative estimate of drug-likeness (QED) is 0.175. The molecule has 0 spiro atoms. The molecule has 3 heterocycles. The maximum absolute atomic E-state index is 13.9. The van der Waals surface area contributed by atoms with Gasteiger partial charge in [0, 0.05) is 6.54 Å². The molecule has 0 fully saturated rings. The van der Waals surface area contributed by atoms with Gasteiger partial charge in [0.05, 0.1) is 40.8 Å². The Kier molecular flexibility index (Phi) is 6.89. The summed E-state index contributed by atoms with van der Waals surface area (Å²) in [5, 5.41) is 4.01. The van der Waals surface area contributed by atoms with E-state index in [1.165, 1.54) is 35.8 Å². The Bertz CT molecular complexity index is 1720. The molecule has 5 rings (SSSR count). The molecule has 186 valence electrons. The Morgan fingerprint density at radius 2 is 2.14 bits per heavy atom. The minimum absolute atomic E-state index is 0.237. The van der Waals surface area contributed by atoms with Crippen LogP contribution in [0.15, 0.2) is 71.5 Å². The summed E-state index contributed by atoms with van der Waals surface area (Å²) in [6.07, 6.45) is 4.19. The number of imidazole rings is 1. The number of amides is 1. The van der Waals surface area contributed by atoms with Gasteiger partial charge in [-0.3, -0.25) is 14.2 Å². The second-order valence-corrected chi connectivity index (χ2v) is 9.17. The van der Waals surface area contributed by atoms with Crippen LogP contribution in [0.25, 0.3) is 27.8 Å². The van der Waals surface area contributed by atoms with Crippen LogP contribution in [0.4, 0.5) is 0 Å². The van der Waals surface area contributed by atoms with E-state index in [1.54, 1.807) is 36.7 Å². The fourth-order valence-corrected chi connectivity index (χ4v) is 4.97. The van der Waals surface area contributed by atoms with E-state index in [9.17, 15) is 9.59 Å². The highest BCUT2D eigenvalue weighted by atomic mass is 35.5. The summed E-state index contributed by atoms with van der Waals surface area (Å²) in [4.78, 5) is 46.1. The van der Waals surface area contributed by atoms with Gasteiger partial charge in [0.15, 0.2) is 5.65 Å². The Labute approximate surface area is 219 Å². The van der Waals surface area contributed by atoms with Crippen molar-refractivity contribution in [3.63, 3.8) is 0 Å². The van der Waals surface area contributed by atoms with Crippen LogP contribution in [-0.4, -0.2) is 42.5 Å². The molecule has 3 aromatic heterocycles. The molecule has 2 N–H and O–H groups in total. The maximum atomic E-state index is 13.9. The summed E-state index contributed by atoms with van der Waals surface area (Å²) < 4.78 is 7.09. The standard InChI is InChI=1S/C25H20ClN7O3S/c1-3-20(34)27-10-14-7-8-18(36-2)17(9-14)33-19(32-16-6-4-5-15(26)21(16)25(33)35)11-37-24-22-23(29-12-28-22)30-13-31-24/h3-9,12-13H,1,10-11H2,2H3,(H,27,34)(H,28,29,30,31). The minimum Gasteiger partial charge on any atom is -0.495 e. The molecular weight excluding hydrogens is 514 g/mol. The van der Waals surface area contributed by atoms with Gasteiger partial charge in [-0.05, 0) is 35.9 Å². The molecule has 0 atom stereocenters. The number of rotatable bonds is 8. The molecule has 37 heavy (non-hydrogen) atoms. The molecule has 0 aliphatic carbocycles. The highest BCUT2D eigenvalue weighted by Gasteiger charge is 2.19. The summed E-state index contributed by atoms with van der Waals surface area (Å²) in [7, 11) is 1.52. The first-order chi connectivity index (χ1) is 18.0. The van der Waals surface area contributed by atoms with Crippen LogP contribution in [0.3, 0.4) is 0 Å². The number of thioether (sulfide) groups is 1. The lowest BCUT2D eigenvalue weighted by Gasteiger charge is -2.17. The molecular formula is C25H20ClN7O3S. The predicted octanol–water partition coefficient (Wildman–Crippen LogP) is 3.81. The molecule has 0 radical (unpaired) electrons. The van der Waals surface area contributed by atoms with E-state index >= 15 is 0 Å². The van der Waals surface area contributed by atoms with Crippen molar-refractivity contribution in [2.45, 2.75) is 17.3 Å². The van der Waals surface area contributed by atoms with E-state index < -0.39 is 0 Å². The smallest absolute Gasteiger partial charge is 0.267 e. The number of hydrogen-bond donors (Lipinski definition) is 2. The molecule has 1 amide bonds. The molecule has 12 heteroatoms. The van der Waals surface area contributed by atoms with Crippen molar-refractivity contribution in [3.05, 3.63) is 88.5 Å². The second kappa shape index (κ2) is 10.4. The number of nitrogens with one attached hydrogen (secondary N) is 2. The lowest BCUT2D eigenvalue weighted by atomic mass is 10.1. The van der Waals surface area contributed by atoms with E-state index in [-0.39, 0.29) is 18.0 Å². The van der Waals surface area contributed by atoms with Gasteiger partial charge < -0.3 is 15.0 Å². The molecule has 10 nitrogen and oxygen atoms in total. The first kappa shape index (κ1) is 24.5. The molecule has 0 aliphatic rings. The van der Waals surface area contributed by atoms with E-state index in [0.29, 0.717) is 55.1 Å². The van der Waals surface area contributed by atoms with Crippen molar-refractivity contribution in [1.29, 1.82) is 0 Å². The highest BCUT2D eigenvalue weighted by molar-refractivity contribution is 7.98. The number of hydrogen-bond acceptors (Lipinski definition) is 8. The molecule has 0 bridgehead atoms. The van der Waals surface area contributed by atoms with Crippen molar-refractivity contribution >= 4 is 51.3 Å². The molecule has 5 aromatic rings. The average Bonchev–Trinajstić information content (AvgIpc) is 3.40. The van der Waals surface area contributed by atoms with Crippen LogP contribution in [0.2, 0.25) is 5.02 Å². The van der Waals surface area contributed by atoms with Crippen LogP contribution in [0.1, 0.15) is 11.4 Å². The fraction of sp³-hybridized carbons (Fsp3) is 0.120. The number of H-pyrrole nitrogens is 1. The third-order valence-electron chi connectivity index (χ3n) is 5.58. The van der Waals surface area contributed by atoms with Gasteiger partial charge in [0.1, 0.15) is 28.4 Å². The van der Waals surface area contributed by atoms with Crippen molar-refractivity contribution in [2.24, 2.45) is 0 Å². The van der Waals surface area contributed by atoms with E-state index in [2.05, 4.69) is 31.8 Å². The SMILES string of the molecule is C=CC(=O)NCc1ccc(OC)c(-n2c(CSc3ncnc4nc[nH]c34)nc3cccc(Cl)c3c2=O)c1. The number of methoxy groups -OCH3 is 1. The maximum Gasteiger partial charge on any atom is 0.267 e. The monoisotopic (exact) mass is 533 g/mol. The van der Waals surface area contributed by atoms with Crippen LogP contribution in [-0.2, 0) is 17.1 Å². The number of nitrogens with zero attached hydrogens (tertiary/aromatic N) is 5. The van der Waals surface area contributed by atoms with Crippen LogP contribution in [0.5, 0.6) is 5.75 Å². The number of fused-ring (bicyclic) bond motifs is 2.